The lowest BCUT2D eigenvalue weighted by molar-refractivity contribution is -0.148. The first kappa shape index (κ1) is 20.6. The minimum absolute atomic E-state index is 0.0102. The standard InChI is InChI=1S/C23H24FNO4/c1-25(20-9-5-7-17-6-3-4-8-18(17)20)22(26)15-29-23(27)13-11-16-10-12-21(28-2)19(24)14-16/h3-4,6,8,10-14,20H,5,7,9,15H2,1-2H3/b13-11+/t20-/m0/s1. The lowest BCUT2D eigenvalue weighted by Gasteiger charge is -2.33. The number of amides is 1. The summed E-state index contributed by atoms with van der Waals surface area (Å²) in [7, 11) is 3.12. The van der Waals surface area contributed by atoms with Crippen molar-refractivity contribution < 1.29 is 23.5 Å². The summed E-state index contributed by atoms with van der Waals surface area (Å²) in [4.78, 5) is 26.1. The number of carbonyl (C=O) groups excluding carboxylic acids is 2. The number of benzene rings is 2. The number of esters is 1. The summed E-state index contributed by atoms with van der Waals surface area (Å²) in [6.07, 6.45) is 5.51. The summed E-state index contributed by atoms with van der Waals surface area (Å²) in [5.41, 5.74) is 2.90. The first-order chi connectivity index (χ1) is 14.0. The molecule has 0 aromatic heterocycles. The minimum Gasteiger partial charge on any atom is -0.494 e. The summed E-state index contributed by atoms with van der Waals surface area (Å²) in [6.45, 7) is -0.338. The number of carbonyl (C=O) groups is 2. The normalized spacial score (nSPS) is 15.6. The minimum atomic E-state index is -0.660. The molecule has 0 saturated carbocycles. The first-order valence-electron chi connectivity index (χ1n) is 9.51. The molecular formula is C23H24FNO4. The Labute approximate surface area is 169 Å². The molecule has 0 radical (unpaired) electrons. The monoisotopic (exact) mass is 397 g/mol. The van der Waals surface area contributed by atoms with Gasteiger partial charge in [-0.3, -0.25) is 4.79 Å². The number of fused-ring (bicyclic) bond motifs is 1. The van der Waals surface area contributed by atoms with Crippen molar-refractivity contribution in [3.8, 4) is 5.75 Å². The molecule has 29 heavy (non-hydrogen) atoms. The molecule has 0 fully saturated rings. The van der Waals surface area contributed by atoms with E-state index in [0.717, 1.165) is 24.8 Å². The SMILES string of the molecule is COc1ccc(/C=C/C(=O)OCC(=O)N(C)[C@H]2CCCc3ccccc32)cc1F. The number of aryl methyl sites for hydroxylation is 1. The van der Waals surface area contributed by atoms with E-state index in [4.69, 9.17) is 9.47 Å². The summed E-state index contributed by atoms with van der Waals surface area (Å²) >= 11 is 0. The Balaban J connectivity index is 1.55. The van der Waals surface area contributed by atoms with Crippen LogP contribution in [-0.4, -0.2) is 37.5 Å². The van der Waals surface area contributed by atoms with Gasteiger partial charge in [0.1, 0.15) is 0 Å². The number of halogens is 1. The van der Waals surface area contributed by atoms with Crippen LogP contribution in [0, 0.1) is 5.82 Å². The van der Waals surface area contributed by atoms with E-state index >= 15 is 0 Å². The number of methoxy groups -OCH3 is 1. The van der Waals surface area contributed by atoms with Gasteiger partial charge >= 0.3 is 5.97 Å². The molecule has 152 valence electrons. The molecule has 2 aromatic carbocycles. The maximum Gasteiger partial charge on any atom is 0.331 e. The van der Waals surface area contributed by atoms with Gasteiger partial charge in [0.25, 0.3) is 5.91 Å². The molecule has 6 heteroatoms. The van der Waals surface area contributed by atoms with Crippen molar-refractivity contribution in [1.82, 2.24) is 4.90 Å². The van der Waals surface area contributed by atoms with Gasteiger partial charge in [0, 0.05) is 13.1 Å². The Kier molecular flexibility index (Phi) is 6.65. The van der Waals surface area contributed by atoms with Crippen LogP contribution in [0.2, 0.25) is 0 Å². The Morgan fingerprint density at radius 1 is 1.24 bits per heavy atom. The molecule has 1 atom stereocenters. The number of likely N-dealkylation sites (N-methyl/N-ethyl adjacent to an activating group) is 1. The van der Waals surface area contributed by atoms with E-state index in [9.17, 15) is 14.0 Å². The van der Waals surface area contributed by atoms with Crippen molar-refractivity contribution in [1.29, 1.82) is 0 Å². The van der Waals surface area contributed by atoms with Crippen molar-refractivity contribution in [2.45, 2.75) is 25.3 Å². The van der Waals surface area contributed by atoms with Crippen LogP contribution in [0.1, 0.15) is 35.6 Å². The van der Waals surface area contributed by atoms with Crippen molar-refractivity contribution >= 4 is 18.0 Å². The molecule has 1 amide bonds. The Hall–Kier alpha value is -3.15. The van der Waals surface area contributed by atoms with Gasteiger partial charge in [-0.25, -0.2) is 9.18 Å². The quantitative estimate of drug-likeness (QED) is 0.548. The topological polar surface area (TPSA) is 55.8 Å². The fourth-order valence-corrected chi connectivity index (χ4v) is 3.54. The van der Waals surface area contributed by atoms with Crippen molar-refractivity contribution in [2.24, 2.45) is 0 Å². The molecule has 3 rings (SSSR count). The predicted molar refractivity (Wildman–Crippen MR) is 108 cm³/mol. The van der Waals surface area contributed by atoms with E-state index in [1.165, 1.54) is 37.0 Å². The van der Waals surface area contributed by atoms with E-state index in [-0.39, 0.29) is 24.3 Å². The highest BCUT2D eigenvalue weighted by molar-refractivity contribution is 5.89. The molecule has 0 bridgehead atoms. The average molecular weight is 397 g/mol. The highest BCUT2D eigenvalue weighted by atomic mass is 19.1. The predicted octanol–water partition coefficient (Wildman–Crippen LogP) is 3.93. The van der Waals surface area contributed by atoms with Gasteiger partial charge in [-0.1, -0.05) is 30.3 Å². The lowest BCUT2D eigenvalue weighted by Crippen LogP contribution is -2.36. The molecule has 0 N–H and O–H groups in total. The molecule has 0 spiro atoms. The highest BCUT2D eigenvalue weighted by Crippen LogP contribution is 2.33. The van der Waals surface area contributed by atoms with E-state index in [0.29, 0.717) is 5.56 Å². The van der Waals surface area contributed by atoms with E-state index < -0.39 is 11.8 Å². The Bertz CT molecular complexity index is 925. The zero-order valence-corrected chi connectivity index (χ0v) is 16.6. The number of hydrogen-bond donors (Lipinski definition) is 0. The molecule has 1 aliphatic rings. The molecule has 0 aliphatic heterocycles. The largest absolute Gasteiger partial charge is 0.494 e. The summed E-state index contributed by atoms with van der Waals surface area (Å²) < 4.78 is 23.6. The van der Waals surface area contributed by atoms with Gasteiger partial charge in [0.15, 0.2) is 18.2 Å². The number of ether oxygens (including phenoxy) is 2. The average Bonchev–Trinajstić information content (AvgIpc) is 2.75. The second-order valence-electron chi connectivity index (χ2n) is 6.95. The number of hydrogen-bond acceptors (Lipinski definition) is 4. The summed E-state index contributed by atoms with van der Waals surface area (Å²) in [5.74, 6) is -1.31. The molecule has 2 aromatic rings. The van der Waals surface area contributed by atoms with Crippen molar-refractivity contribution in [2.75, 3.05) is 20.8 Å². The highest BCUT2D eigenvalue weighted by Gasteiger charge is 2.26. The third-order valence-electron chi connectivity index (χ3n) is 5.12. The third kappa shape index (κ3) is 5.02. The van der Waals surface area contributed by atoms with Crippen LogP contribution in [0.3, 0.4) is 0 Å². The lowest BCUT2D eigenvalue weighted by atomic mass is 9.87. The Morgan fingerprint density at radius 2 is 2.03 bits per heavy atom. The van der Waals surface area contributed by atoms with Crippen LogP contribution >= 0.6 is 0 Å². The van der Waals surface area contributed by atoms with Crippen LogP contribution in [0.25, 0.3) is 6.08 Å². The van der Waals surface area contributed by atoms with Crippen LogP contribution in [0.5, 0.6) is 5.75 Å². The maximum absolute atomic E-state index is 13.7. The van der Waals surface area contributed by atoms with Gasteiger partial charge in [-0.15, -0.1) is 0 Å². The molecular weight excluding hydrogens is 373 g/mol. The van der Waals surface area contributed by atoms with Crippen LogP contribution in [-0.2, 0) is 20.7 Å². The van der Waals surface area contributed by atoms with Crippen LogP contribution in [0.15, 0.2) is 48.5 Å². The third-order valence-corrected chi connectivity index (χ3v) is 5.12. The van der Waals surface area contributed by atoms with Gasteiger partial charge in [0.2, 0.25) is 0 Å². The van der Waals surface area contributed by atoms with Gasteiger partial charge in [-0.2, -0.15) is 0 Å². The van der Waals surface area contributed by atoms with Crippen molar-refractivity contribution in [3.63, 3.8) is 0 Å². The first-order valence-corrected chi connectivity index (χ1v) is 9.51. The second-order valence-corrected chi connectivity index (χ2v) is 6.95. The zero-order chi connectivity index (χ0) is 20.8. The Morgan fingerprint density at radius 3 is 2.79 bits per heavy atom. The molecule has 0 heterocycles. The van der Waals surface area contributed by atoms with E-state index in [1.54, 1.807) is 18.0 Å². The van der Waals surface area contributed by atoms with E-state index in [2.05, 4.69) is 6.07 Å². The summed E-state index contributed by atoms with van der Waals surface area (Å²) in [6, 6.07) is 12.4. The smallest absolute Gasteiger partial charge is 0.331 e. The van der Waals surface area contributed by atoms with Crippen LogP contribution < -0.4 is 4.74 Å². The molecule has 0 saturated heterocycles. The van der Waals surface area contributed by atoms with Gasteiger partial charge in [-0.05, 0) is 54.2 Å². The van der Waals surface area contributed by atoms with Gasteiger partial charge in [0.05, 0.1) is 13.2 Å². The molecule has 0 unspecified atom stereocenters. The molecule has 5 nitrogen and oxygen atoms in total. The van der Waals surface area contributed by atoms with Crippen LogP contribution in [0.4, 0.5) is 4.39 Å². The fraction of sp³-hybridized carbons (Fsp3) is 0.304. The number of nitrogens with zero attached hydrogens (tertiary/aromatic N) is 1. The molecule has 1 aliphatic carbocycles. The van der Waals surface area contributed by atoms with Crippen molar-refractivity contribution in [3.05, 3.63) is 71.0 Å². The van der Waals surface area contributed by atoms with E-state index in [1.807, 2.05) is 18.2 Å². The zero-order valence-electron chi connectivity index (χ0n) is 16.6. The maximum atomic E-state index is 13.7. The fourth-order valence-electron chi connectivity index (χ4n) is 3.54. The number of rotatable bonds is 6. The second kappa shape index (κ2) is 9.37. The summed E-state index contributed by atoms with van der Waals surface area (Å²) in [5, 5.41) is 0. The van der Waals surface area contributed by atoms with Gasteiger partial charge < -0.3 is 14.4 Å².